The number of nitrogens with zero attached hydrogens (tertiary/aromatic N) is 1. The van der Waals surface area contributed by atoms with Gasteiger partial charge in [0.2, 0.25) is 0 Å². The SMILES string of the molecule is [2H]c1c([2H])c([2H])c2c(sc3c4ccccc4c4c(c32)c2c3ccccc3c3ccccc3c2n4-c2ccccc2)c1[2H]. The third-order valence-corrected chi connectivity index (χ3v) is 9.00. The van der Waals surface area contributed by atoms with Gasteiger partial charge in [-0.05, 0) is 34.3 Å². The smallest absolute Gasteiger partial charge is 0.0638 e. The highest BCUT2D eigenvalue weighted by atomic mass is 32.1. The molecule has 0 saturated heterocycles. The van der Waals surface area contributed by atoms with Gasteiger partial charge in [-0.3, -0.25) is 0 Å². The van der Waals surface area contributed by atoms with Crippen molar-refractivity contribution in [2.24, 2.45) is 0 Å². The normalized spacial score (nSPS) is 13.7. The minimum atomic E-state index is -0.199. The van der Waals surface area contributed by atoms with Gasteiger partial charge in [-0.2, -0.15) is 0 Å². The van der Waals surface area contributed by atoms with Crippen molar-refractivity contribution in [3.05, 3.63) is 127 Å². The molecule has 2 heterocycles. The van der Waals surface area contributed by atoms with Crippen molar-refractivity contribution in [3.8, 4) is 5.69 Å². The lowest BCUT2D eigenvalue weighted by Crippen LogP contribution is -1.95. The van der Waals surface area contributed by atoms with Crippen LogP contribution in [0.1, 0.15) is 5.48 Å². The summed E-state index contributed by atoms with van der Waals surface area (Å²) in [6, 6.07) is 35.6. The minimum Gasteiger partial charge on any atom is -0.308 e. The summed E-state index contributed by atoms with van der Waals surface area (Å²) in [5, 5.41) is 10.4. The van der Waals surface area contributed by atoms with Gasteiger partial charge < -0.3 is 4.57 Å². The molecule has 9 rings (SSSR count). The summed E-state index contributed by atoms with van der Waals surface area (Å²) in [5.41, 5.74) is 3.19. The maximum atomic E-state index is 9.09. The van der Waals surface area contributed by atoms with E-state index >= 15 is 0 Å². The van der Waals surface area contributed by atoms with Gasteiger partial charge in [-0.25, -0.2) is 0 Å². The molecule has 9 aromatic rings. The van der Waals surface area contributed by atoms with Crippen LogP contribution in [-0.4, -0.2) is 4.57 Å². The second-order valence-electron chi connectivity index (χ2n) is 9.77. The molecule has 0 fully saturated rings. The lowest BCUT2D eigenvalue weighted by atomic mass is 9.94. The summed E-state index contributed by atoms with van der Waals surface area (Å²) in [6.45, 7) is 0. The standard InChI is InChI=1S/C36H21NS/c1-2-12-22(13-3-1)37-34-26-17-7-5-15-24(26)23-14-4-6-16-25(23)31(34)33-32-29-20-10-11-21-30(29)38-36(32)28-19-9-8-18-27(28)35(33)37/h1-21H/i10D,11D,20D,21D. The molecule has 0 amide bonds. The molecular weight excluding hydrogens is 478 g/mol. The van der Waals surface area contributed by atoms with Crippen LogP contribution in [0, 0.1) is 0 Å². The summed E-state index contributed by atoms with van der Waals surface area (Å²) < 4.78 is 38.9. The van der Waals surface area contributed by atoms with Gasteiger partial charge in [0.05, 0.1) is 16.5 Å². The van der Waals surface area contributed by atoms with E-state index in [4.69, 9.17) is 5.48 Å². The monoisotopic (exact) mass is 503 g/mol. The average Bonchev–Trinajstić information content (AvgIpc) is 3.61. The third kappa shape index (κ3) is 2.50. The molecule has 38 heavy (non-hydrogen) atoms. The van der Waals surface area contributed by atoms with E-state index in [0.29, 0.717) is 10.1 Å². The molecule has 7 aromatic carbocycles. The number of aromatic nitrogens is 1. The molecule has 0 aliphatic rings. The molecule has 0 aliphatic carbocycles. The fourth-order valence-electron chi connectivity index (χ4n) is 6.42. The first-order chi connectivity index (χ1) is 20.6. The summed E-state index contributed by atoms with van der Waals surface area (Å²) >= 11 is 1.47. The van der Waals surface area contributed by atoms with Crippen LogP contribution in [0.2, 0.25) is 0 Å². The zero-order valence-electron chi connectivity index (χ0n) is 24.2. The number of benzene rings is 7. The molecule has 2 aromatic heterocycles. The number of thiophene rings is 1. The molecule has 0 bridgehead atoms. The van der Waals surface area contributed by atoms with Crippen LogP contribution >= 0.6 is 11.3 Å². The van der Waals surface area contributed by atoms with E-state index in [1.54, 1.807) is 0 Å². The maximum absolute atomic E-state index is 9.09. The number of rotatable bonds is 1. The van der Waals surface area contributed by atoms with Crippen LogP contribution in [0.5, 0.6) is 0 Å². The molecular formula is C36H21NS. The van der Waals surface area contributed by atoms with E-state index in [1.807, 2.05) is 12.1 Å². The van der Waals surface area contributed by atoms with Crippen molar-refractivity contribution in [3.63, 3.8) is 0 Å². The summed E-state index contributed by atoms with van der Waals surface area (Å²) in [6.07, 6.45) is 0. The molecule has 176 valence electrons. The number of fused-ring (bicyclic) bond motifs is 15. The molecule has 2 heteroatoms. The Morgan fingerprint density at radius 2 is 1.03 bits per heavy atom. The van der Waals surface area contributed by atoms with Gasteiger partial charge in [-0.15, -0.1) is 11.3 Å². The third-order valence-electron chi connectivity index (χ3n) is 7.87. The quantitative estimate of drug-likeness (QED) is 0.196. The van der Waals surface area contributed by atoms with Gasteiger partial charge in [0.1, 0.15) is 0 Å². The summed E-state index contributed by atoms with van der Waals surface area (Å²) in [4.78, 5) is 0. The predicted octanol–water partition coefficient (Wildman–Crippen LogP) is 10.6. The Balaban J connectivity index is 1.76. The fourth-order valence-corrected chi connectivity index (χ4v) is 7.58. The molecule has 0 radical (unpaired) electrons. The van der Waals surface area contributed by atoms with Crippen LogP contribution < -0.4 is 0 Å². The largest absolute Gasteiger partial charge is 0.308 e. The first-order valence-electron chi connectivity index (χ1n) is 14.7. The van der Waals surface area contributed by atoms with E-state index in [-0.39, 0.29) is 24.2 Å². The van der Waals surface area contributed by atoms with Crippen molar-refractivity contribution in [2.75, 3.05) is 0 Å². The molecule has 0 atom stereocenters. The Kier molecular flexibility index (Phi) is 3.32. The summed E-state index contributed by atoms with van der Waals surface area (Å²) in [5.74, 6) is 0. The van der Waals surface area contributed by atoms with Crippen molar-refractivity contribution in [1.82, 2.24) is 4.57 Å². The Morgan fingerprint density at radius 3 is 1.79 bits per heavy atom. The maximum Gasteiger partial charge on any atom is 0.0638 e. The van der Waals surface area contributed by atoms with Gasteiger partial charge in [0.15, 0.2) is 0 Å². The molecule has 0 aliphatic heterocycles. The van der Waals surface area contributed by atoms with Crippen LogP contribution in [0.3, 0.4) is 0 Å². The summed E-state index contributed by atoms with van der Waals surface area (Å²) in [7, 11) is 0. The first kappa shape index (κ1) is 17.0. The Bertz CT molecular complexity index is 2620. The lowest BCUT2D eigenvalue weighted by molar-refractivity contribution is 1.19. The van der Waals surface area contributed by atoms with E-state index in [2.05, 4.69) is 95.6 Å². The van der Waals surface area contributed by atoms with Crippen molar-refractivity contribution in [1.29, 1.82) is 0 Å². The van der Waals surface area contributed by atoms with E-state index < -0.39 is 0 Å². The number of hydrogen-bond acceptors (Lipinski definition) is 1. The minimum absolute atomic E-state index is 0.0135. The first-order valence-corrected chi connectivity index (χ1v) is 13.5. The predicted molar refractivity (Wildman–Crippen MR) is 166 cm³/mol. The van der Waals surface area contributed by atoms with Crippen LogP contribution in [-0.2, 0) is 0 Å². The van der Waals surface area contributed by atoms with E-state index in [9.17, 15) is 0 Å². The van der Waals surface area contributed by atoms with Crippen molar-refractivity contribution < 1.29 is 5.48 Å². The Labute approximate surface area is 228 Å². The number of hydrogen-bond donors (Lipinski definition) is 0. The molecule has 0 saturated carbocycles. The van der Waals surface area contributed by atoms with Gasteiger partial charge in [0.25, 0.3) is 0 Å². The number of para-hydroxylation sites is 1. The average molecular weight is 504 g/mol. The molecule has 0 unspecified atom stereocenters. The van der Waals surface area contributed by atoms with Gasteiger partial charge in [-0.1, -0.05) is 109 Å². The van der Waals surface area contributed by atoms with Crippen molar-refractivity contribution in [2.45, 2.75) is 0 Å². The molecule has 0 spiro atoms. The van der Waals surface area contributed by atoms with E-state index in [0.717, 1.165) is 64.5 Å². The van der Waals surface area contributed by atoms with Crippen molar-refractivity contribution >= 4 is 85.6 Å². The topological polar surface area (TPSA) is 4.93 Å². The van der Waals surface area contributed by atoms with E-state index in [1.165, 1.54) is 16.7 Å². The second kappa shape index (κ2) is 7.44. The van der Waals surface area contributed by atoms with Crippen LogP contribution in [0.25, 0.3) is 80.0 Å². The molecule has 1 nitrogen and oxygen atoms in total. The highest BCUT2D eigenvalue weighted by Crippen LogP contribution is 2.50. The van der Waals surface area contributed by atoms with Gasteiger partial charge >= 0.3 is 0 Å². The zero-order valence-corrected chi connectivity index (χ0v) is 21.0. The van der Waals surface area contributed by atoms with Crippen LogP contribution in [0.4, 0.5) is 0 Å². The Morgan fingerprint density at radius 1 is 0.474 bits per heavy atom. The second-order valence-corrected chi connectivity index (χ2v) is 10.8. The van der Waals surface area contributed by atoms with Gasteiger partial charge in [0, 0.05) is 52.8 Å². The lowest BCUT2D eigenvalue weighted by Gasteiger charge is -2.12. The fraction of sp³-hybridized carbons (Fsp3) is 0. The zero-order chi connectivity index (χ0) is 28.3. The van der Waals surface area contributed by atoms with Crippen LogP contribution in [0.15, 0.2) is 127 Å². The highest BCUT2D eigenvalue weighted by Gasteiger charge is 2.24. The Hall–Kier alpha value is -4.66. The highest BCUT2D eigenvalue weighted by molar-refractivity contribution is 7.27. The molecule has 0 N–H and O–H groups in total.